The fourth-order valence-corrected chi connectivity index (χ4v) is 0.864. The zero-order chi connectivity index (χ0) is 7.98. The molecule has 0 fully saturated rings. The van der Waals surface area contributed by atoms with Gasteiger partial charge in [0.1, 0.15) is 0 Å². The van der Waals surface area contributed by atoms with Gasteiger partial charge >= 0.3 is 0 Å². The number of nitrogens with zero attached hydrogens (tertiary/aromatic N) is 2. The van der Waals surface area contributed by atoms with Crippen LogP contribution < -0.4 is 0 Å². The molecule has 0 N–H and O–H groups in total. The molecule has 0 aliphatic rings. The molecule has 0 aliphatic heterocycles. The summed E-state index contributed by atoms with van der Waals surface area (Å²) in [6.07, 6.45) is 3.20. The lowest BCUT2D eigenvalue weighted by atomic mass is 10.3. The van der Waals surface area contributed by atoms with Gasteiger partial charge in [0, 0.05) is 25.5 Å². The van der Waals surface area contributed by atoms with E-state index in [1.54, 1.807) is 0 Å². The summed E-state index contributed by atoms with van der Waals surface area (Å²) >= 11 is 0. The molecule has 1 aromatic heterocycles. The molecule has 0 aliphatic carbocycles. The molecule has 0 atom stereocenters. The first kappa shape index (κ1) is 8.77. The number of nitriles is 1. The molecule has 0 saturated heterocycles. The van der Waals surface area contributed by atoms with Crippen molar-refractivity contribution in [2.75, 3.05) is 0 Å². The topological polar surface area (TPSA) is 28.7 Å². The quantitative estimate of drug-likeness (QED) is 0.578. The van der Waals surface area contributed by atoms with Crippen molar-refractivity contribution in [2.45, 2.75) is 13.3 Å². The summed E-state index contributed by atoms with van der Waals surface area (Å²) in [7, 11) is 2.07. The molecule has 1 heterocycles. The zero-order valence-corrected chi connectivity index (χ0v) is 6.41. The highest BCUT2D eigenvalue weighted by atomic mass is 14.9. The Morgan fingerprint density at radius 1 is 1.60 bits per heavy atom. The Bertz CT molecular complexity index is 198. The first-order valence-electron chi connectivity index (χ1n) is 3.20. The van der Waals surface area contributed by atoms with Crippen LogP contribution in [0.4, 0.5) is 0 Å². The van der Waals surface area contributed by atoms with Crippen molar-refractivity contribution in [3.05, 3.63) is 24.0 Å². The van der Waals surface area contributed by atoms with Gasteiger partial charge in [0.15, 0.2) is 0 Å². The maximum atomic E-state index is 6.50. The summed E-state index contributed by atoms with van der Waals surface area (Å²) in [6.45, 7) is 5.66. The lowest BCUT2D eigenvalue weighted by Crippen LogP contribution is -1.90. The Morgan fingerprint density at radius 2 is 2.20 bits per heavy atom. The Balaban J connectivity index is 0.000000371. The average Bonchev–Trinajstić information content (AvgIpc) is 2.39. The number of aromatic nitrogens is 1. The molecule has 1 aromatic rings. The Kier molecular flexibility index (Phi) is 4.06. The number of hydrogen-bond donors (Lipinski definition) is 0. The van der Waals surface area contributed by atoms with Gasteiger partial charge in [-0.05, 0) is 18.6 Å². The van der Waals surface area contributed by atoms with Gasteiger partial charge in [-0.2, -0.15) is 0 Å². The summed E-state index contributed by atoms with van der Waals surface area (Å²) in [6, 6.07) is 4.21. The van der Waals surface area contributed by atoms with E-state index in [1.807, 2.05) is 0 Å². The third kappa shape index (κ3) is 1.94. The van der Waals surface area contributed by atoms with Crippen LogP contribution in [0.15, 0.2) is 18.3 Å². The monoisotopic (exact) mass is 136 g/mol. The van der Waals surface area contributed by atoms with Crippen molar-refractivity contribution >= 4 is 0 Å². The van der Waals surface area contributed by atoms with E-state index in [0.717, 1.165) is 6.42 Å². The smallest absolute Gasteiger partial charge is 0.0462 e. The molecule has 0 amide bonds. The largest absolute Gasteiger partial charge is 0.354 e. The van der Waals surface area contributed by atoms with Gasteiger partial charge in [0.05, 0.1) is 0 Å². The van der Waals surface area contributed by atoms with Gasteiger partial charge < -0.3 is 4.57 Å². The maximum absolute atomic E-state index is 6.50. The van der Waals surface area contributed by atoms with E-state index in [9.17, 15) is 0 Å². The molecule has 54 valence electrons. The molecule has 0 unspecified atom stereocenters. The average molecular weight is 136 g/mol. The van der Waals surface area contributed by atoms with E-state index in [-0.39, 0.29) is 0 Å². The molecule has 0 radical (unpaired) electrons. The second-order valence-electron chi connectivity index (χ2n) is 1.96. The van der Waals surface area contributed by atoms with Crippen LogP contribution in [-0.2, 0) is 13.5 Å². The van der Waals surface area contributed by atoms with Crippen LogP contribution in [0.5, 0.6) is 0 Å². The fraction of sp³-hybridized carbons (Fsp3) is 0.375. The molecule has 0 bridgehead atoms. The molecular weight excluding hydrogens is 124 g/mol. The van der Waals surface area contributed by atoms with Crippen LogP contribution in [0.2, 0.25) is 0 Å². The minimum absolute atomic E-state index is 1.13. The second kappa shape index (κ2) is 4.63. The van der Waals surface area contributed by atoms with Crippen molar-refractivity contribution in [2.24, 2.45) is 7.05 Å². The van der Waals surface area contributed by atoms with Crippen LogP contribution in [0.1, 0.15) is 12.6 Å². The standard InChI is InChI=1S/C7H11N.CHN/c1-3-7-5-4-6-8(7)2;1-2/h4-6H,3H2,1-2H3;1H. The van der Waals surface area contributed by atoms with Gasteiger partial charge in [-0.15, -0.1) is 0 Å². The predicted molar refractivity (Wildman–Crippen MR) is 41.5 cm³/mol. The van der Waals surface area contributed by atoms with Crippen molar-refractivity contribution in [3.63, 3.8) is 0 Å². The Labute approximate surface area is 61.7 Å². The third-order valence-electron chi connectivity index (χ3n) is 1.41. The molecule has 2 heteroatoms. The van der Waals surface area contributed by atoms with Gasteiger partial charge in [0.25, 0.3) is 0 Å². The van der Waals surface area contributed by atoms with Gasteiger partial charge in [-0.3, -0.25) is 0 Å². The van der Waals surface area contributed by atoms with Gasteiger partial charge in [0.2, 0.25) is 0 Å². The SMILES string of the molecule is C#N.CCc1cccn1C. The van der Waals surface area contributed by atoms with Crippen molar-refractivity contribution in [1.82, 2.24) is 4.57 Å². The third-order valence-corrected chi connectivity index (χ3v) is 1.41. The van der Waals surface area contributed by atoms with Crippen LogP contribution in [0, 0.1) is 11.8 Å². The summed E-state index contributed by atoms with van der Waals surface area (Å²) in [5.41, 5.74) is 1.39. The van der Waals surface area contributed by atoms with E-state index < -0.39 is 0 Å². The van der Waals surface area contributed by atoms with Crippen LogP contribution >= 0.6 is 0 Å². The maximum Gasteiger partial charge on any atom is 0.0462 e. The summed E-state index contributed by atoms with van der Waals surface area (Å²) in [5.74, 6) is 0. The van der Waals surface area contributed by atoms with Gasteiger partial charge in [-0.1, -0.05) is 6.92 Å². The molecule has 1 rings (SSSR count). The summed E-state index contributed by atoms with van der Waals surface area (Å²) in [5, 5.41) is 6.50. The first-order chi connectivity index (χ1) is 4.84. The number of hydrogen-bond acceptors (Lipinski definition) is 1. The lowest BCUT2D eigenvalue weighted by Gasteiger charge is -1.95. The second-order valence-corrected chi connectivity index (χ2v) is 1.96. The normalized spacial score (nSPS) is 8.00. The lowest BCUT2D eigenvalue weighted by molar-refractivity contribution is 0.838. The minimum atomic E-state index is 1.13. The van der Waals surface area contributed by atoms with Crippen LogP contribution in [0.3, 0.4) is 0 Å². The van der Waals surface area contributed by atoms with E-state index in [2.05, 4.69) is 43.4 Å². The van der Waals surface area contributed by atoms with Crippen molar-refractivity contribution in [3.8, 4) is 6.57 Å². The highest BCUT2D eigenvalue weighted by molar-refractivity contribution is 5.05. The van der Waals surface area contributed by atoms with E-state index >= 15 is 0 Å². The molecule has 0 aromatic carbocycles. The first-order valence-corrected chi connectivity index (χ1v) is 3.20. The highest BCUT2D eigenvalue weighted by Crippen LogP contribution is 1.98. The number of aryl methyl sites for hydroxylation is 2. The van der Waals surface area contributed by atoms with Crippen LogP contribution in [-0.4, -0.2) is 4.57 Å². The Morgan fingerprint density at radius 3 is 2.40 bits per heavy atom. The van der Waals surface area contributed by atoms with Crippen LogP contribution in [0.25, 0.3) is 0 Å². The van der Waals surface area contributed by atoms with Gasteiger partial charge in [-0.25, -0.2) is 5.26 Å². The molecule has 10 heavy (non-hydrogen) atoms. The molecule has 0 spiro atoms. The van der Waals surface area contributed by atoms with E-state index in [4.69, 9.17) is 5.26 Å². The zero-order valence-electron chi connectivity index (χ0n) is 6.41. The molecule has 2 nitrogen and oxygen atoms in total. The summed E-state index contributed by atoms with van der Waals surface area (Å²) < 4.78 is 2.14. The summed E-state index contributed by atoms with van der Waals surface area (Å²) in [4.78, 5) is 0. The minimum Gasteiger partial charge on any atom is -0.354 e. The van der Waals surface area contributed by atoms with Crippen molar-refractivity contribution in [1.29, 1.82) is 5.26 Å². The van der Waals surface area contributed by atoms with E-state index in [0.29, 0.717) is 0 Å². The number of rotatable bonds is 1. The predicted octanol–water partition coefficient (Wildman–Crippen LogP) is 1.73. The molecular formula is C8H12N2. The fourth-order valence-electron chi connectivity index (χ4n) is 0.864. The van der Waals surface area contributed by atoms with E-state index in [1.165, 1.54) is 5.69 Å². The highest BCUT2D eigenvalue weighted by Gasteiger charge is 1.88. The Hall–Kier alpha value is -1.23. The van der Waals surface area contributed by atoms with Crippen molar-refractivity contribution < 1.29 is 0 Å². The molecule has 0 saturated carbocycles.